The molecule has 16 nitrogen and oxygen atoms in total. The van der Waals surface area contributed by atoms with Gasteiger partial charge in [-0.15, -0.1) is 5.10 Å². The SMILES string of the molecule is O=[N+]([O-])c1cc([N+](=O)[O-])c(Nc2n[nH]nc2[N+](=O)[O-])c([N+](=O)[O-])c1. The number of nitrogens with zero attached hydrogens (tertiary/aromatic N) is 6. The van der Waals surface area contributed by atoms with Crippen molar-refractivity contribution < 1.29 is 19.7 Å². The highest BCUT2D eigenvalue weighted by molar-refractivity contribution is 5.81. The molecule has 0 aliphatic carbocycles. The van der Waals surface area contributed by atoms with Crippen molar-refractivity contribution in [2.24, 2.45) is 0 Å². The number of aromatic nitrogens is 3. The van der Waals surface area contributed by atoms with Crippen LogP contribution in [0.25, 0.3) is 0 Å². The van der Waals surface area contributed by atoms with Crippen molar-refractivity contribution in [2.75, 3.05) is 5.32 Å². The van der Waals surface area contributed by atoms with Crippen LogP contribution in [0.15, 0.2) is 12.1 Å². The predicted octanol–water partition coefficient (Wildman–Crippen LogP) is 1.18. The molecule has 0 radical (unpaired) electrons. The Hall–Kier alpha value is -4.24. The number of H-pyrrole nitrogens is 1. The lowest BCUT2D eigenvalue weighted by Gasteiger charge is -2.05. The van der Waals surface area contributed by atoms with E-state index in [9.17, 15) is 40.5 Å². The summed E-state index contributed by atoms with van der Waals surface area (Å²) in [6.45, 7) is 0. The molecule has 0 bridgehead atoms. The quantitative estimate of drug-likeness (QED) is 0.560. The average Bonchev–Trinajstić information content (AvgIpc) is 2.94. The number of benzene rings is 1. The zero-order valence-corrected chi connectivity index (χ0v) is 11.1. The summed E-state index contributed by atoms with van der Waals surface area (Å²) in [6, 6.07) is 0.947. The fourth-order valence-electron chi connectivity index (χ4n) is 1.67. The van der Waals surface area contributed by atoms with E-state index in [0.29, 0.717) is 12.1 Å². The predicted molar refractivity (Wildman–Crippen MR) is 72.7 cm³/mol. The molecule has 1 heterocycles. The number of nitro benzene ring substituents is 3. The Labute approximate surface area is 128 Å². The van der Waals surface area contributed by atoms with Crippen LogP contribution in [0.1, 0.15) is 0 Å². The first-order valence-corrected chi connectivity index (χ1v) is 5.65. The van der Waals surface area contributed by atoms with Gasteiger partial charge >= 0.3 is 17.2 Å². The Morgan fingerprint density at radius 2 is 1.38 bits per heavy atom. The molecular weight excluding hydrogens is 336 g/mol. The van der Waals surface area contributed by atoms with E-state index in [4.69, 9.17) is 0 Å². The van der Waals surface area contributed by atoms with Crippen molar-refractivity contribution in [2.45, 2.75) is 0 Å². The number of hydrogen-bond acceptors (Lipinski definition) is 11. The summed E-state index contributed by atoms with van der Waals surface area (Å²) in [7, 11) is 0. The molecule has 0 aliphatic heterocycles. The molecule has 2 N–H and O–H groups in total. The summed E-state index contributed by atoms with van der Waals surface area (Å²) >= 11 is 0. The smallest absolute Gasteiger partial charge is 0.358 e. The average molecular weight is 340 g/mol. The normalized spacial score (nSPS) is 10.2. The van der Waals surface area contributed by atoms with Gasteiger partial charge in [0, 0.05) is 0 Å². The first-order valence-electron chi connectivity index (χ1n) is 5.65. The van der Waals surface area contributed by atoms with Gasteiger partial charge in [0.25, 0.3) is 11.5 Å². The van der Waals surface area contributed by atoms with Crippen LogP contribution in [-0.4, -0.2) is 35.1 Å². The van der Waals surface area contributed by atoms with Crippen molar-refractivity contribution in [1.82, 2.24) is 15.4 Å². The first kappa shape index (κ1) is 16.1. The van der Waals surface area contributed by atoms with E-state index in [2.05, 4.69) is 10.2 Å². The van der Waals surface area contributed by atoms with Gasteiger partial charge in [0.1, 0.15) is 0 Å². The van der Waals surface area contributed by atoms with Gasteiger partial charge in [-0.1, -0.05) is 5.21 Å². The van der Waals surface area contributed by atoms with Gasteiger partial charge in [0.2, 0.25) is 0 Å². The van der Waals surface area contributed by atoms with Crippen molar-refractivity contribution in [3.63, 3.8) is 0 Å². The molecule has 0 atom stereocenters. The van der Waals surface area contributed by atoms with Crippen LogP contribution in [0.5, 0.6) is 0 Å². The van der Waals surface area contributed by atoms with E-state index in [1.807, 2.05) is 10.5 Å². The monoisotopic (exact) mass is 340 g/mol. The third kappa shape index (κ3) is 2.86. The van der Waals surface area contributed by atoms with Gasteiger partial charge in [-0.25, -0.2) is 0 Å². The van der Waals surface area contributed by atoms with Gasteiger partial charge in [-0.3, -0.25) is 30.3 Å². The maximum atomic E-state index is 11.1. The molecular formula is C8H4N8O8. The van der Waals surface area contributed by atoms with Crippen molar-refractivity contribution >= 4 is 34.4 Å². The molecule has 2 rings (SSSR count). The fourth-order valence-corrected chi connectivity index (χ4v) is 1.67. The van der Waals surface area contributed by atoms with Crippen LogP contribution in [0, 0.1) is 40.5 Å². The van der Waals surface area contributed by atoms with Crippen molar-refractivity contribution in [1.29, 1.82) is 0 Å². The van der Waals surface area contributed by atoms with E-state index in [-0.39, 0.29) is 0 Å². The summed E-state index contributed by atoms with van der Waals surface area (Å²) in [4.78, 5) is 39.3. The van der Waals surface area contributed by atoms with Crippen LogP contribution in [0.2, 0.25) is 0 Å². The van der Waals surface area contributed by atoms with Crippen LogP contribution in [0.3, 0.4) is 0 Å². The fraction of sp³-hybridized carbons (Fsp3) is 0. The van der Waals surface area contributed by atoms with Crippen LogP contribution in [0.4, 0.5) is 34.4 Å². The second kappa shape index (κ2) is 5.87. The summed E-state index contributed by atoms with van der Waals surface area (Å²) in [5.41, 5.74) is -3.78. The van der Waals surface area contributed by atoms with E-state index in [1.165, 1.54) is 0 Å². The van der Waals surface area contributed by atoms with Gasteiger partial charge < -0.3 is 15.4 Å². The third-order valence-electron chi connectivity index (χ3n) is 2.63. The number of non-ortho nitro benzene ring substituents is 1. The van der Waals surface area contributed by atoms with Gasteiger partial charge in [0.05, 0.1) is 32.0 Å². The highest BCUT2D eigenvalue weighted by atomic mass is 16.6. The zero-order valence-electron chi connectivity index (χ0n) is 11.1. The molecule has 0 amide bonds. The maximum Gasteiger partial charge on any atom is 0.434 e. The minimum Gasteiger partial charge on any atom is -0.358 e. The Balaban J connectivity index is 2.68. The van der Waals surface area contributed by atoms with E-state index < -0.39 is 54.1 Å². The summed E-state index contributed by atoms with van der Waals surface area (Å²) in [6.07, 6.45) is 0. The standard InChI is InChI=1S/C8H4N8O8/c17-13(18)3-1-4(14(19)20)6(5(2-3)15(21)22)9-7-8(16(23)24)11-12-10-7/h1-2H,(H2,9,10,11,12). The Morgan fingerprint density at radius 3 is 1.79 bits per heavy atom. The summed E-state index contributed by atoms with van der Waals surface area (Å²) in [5, 5.41) is 54.0. The van der Waals surface area contributed by atoms with E-state index >= 15 is 0 Å². The lowest BCUT2D eigenvalue weighted by Crippen LogP contribution is -2.05. The summed E-state index contributed by atoms with van der Waals surface area (Å²) in [5.74, 6) is -1.52. The second-order valence-corrected chi connectivity index (χ2v) is 4.01. The molecule has 0 spiro atoms. The van der Waals surface area contributed by atoms with E-state index in [0.717, 1.165) is 0 Å². The molecule has 0 saturated heterocycles. The Morgan fingerprint density at radius 1 is 0.833 bits per heavy atom. The van der Waals surface area contributed by atoms with Gasteiger partial charge in [-0.05, 0) is 4.92 Å². The molecule has 16 heteroatoms. The maximum absolute atomic E-state index is 11.1. The highest BCUT2D eigenvalue weighted by Crippen LogP contribution is 2.40. The number of rotatable bonds is 6. The minimum absolute atomic E-state index is 0.473. The molecule has 0 aliphatic rings. The lowest BCUT2D eigenvalue weighted by molar-refractivity contribution is -0.401. The molecule has 1 aromatic carbocycles. The van der Waals surface area contributed by atoms with Crippen LogP contribution >= 0.6 is 0 Å². The Kier molecular flexibility index (Phi) is 3.94. The molecule has 24 heavy (non-hydrogen) atoms. The first-order chi connectivity index (χ1) is 11.2. The second-order valence-electron chi connectivity index (χ2n) is 4.01. The molecule has 0 saturated carbocycles. The number of hydrogen-bond donors (Lipinski definition) is 2. The number of anilines is 2. The molecule has 2 aromatic rings. The Bertz CT molecular complexity index is 840. The molecule has 0 unspecified atom stereocenters. The van der Waals surface area contributed by atoms with Crippen molar-refractivity contribution in [3.05, 3.63) is 52.6 Å². The number of nitro groups is 4. The number of nitrogens with one attached hydrogen (secondary N) is 2. The third-order valence-corrected chi connectivity index (χ3v) is 2.63. The zero-order chi connectivity index (χ0) is 18.0. The highest BCUT2D eigenvalue weighted by Gasteiger charge is 2.33. The van der Waals surface area contributed by atoms with Gasteiger partial charge in [0.15, 0.2) is 5.69 Å². The minimum atomic E-state index is -1.12. The molecule has 124 valence electrons. The number of aromatic amines is 1. The lowest BCUT2D eigenvalue weighted by atomic mass is 10.2. The topological polar surface area (TPSA) is 226 Å². The van der Waals surface area contributed by atoms with Crippen LogP contribution in [-0.2, 0) is 0 Å². The van der Waals surface area contributed by atoms with E-state index in [1.54, 1.807) is 0 Å². The largest absolute Gasteiger partial charge is 0.434 e. The van der Waals surface area contributed by atoms with Crippen molar-refractivity contribution in [3.8, 4) is 0 Å². The van der Waals surface area contributed by atoms with Crippen LogP contribution < -0.4 is 5.32 Å². The summed E-state index contributed by atoms with van der Waals surface area (Å²) < 4.78 is 0. The molecule has 1 aromatic heterocycles. The molecule has 0 fully saturated rings. The van der Waals surface area contributed by atoms with Gasteiger partial charge in [-0.2, -0.15) is 0 Å².